The van der Waals surface area contributed by atoms with Crippen LogP contribution in [0.2, 0.25) is 0 Å². The van der Waals surface area contributed by atoms with Gasteiger partial charge in [0.1, 0.15) is 17.9 Å². The molecule has 0 unspecified atom stereocenters. The average Bonchev–Trinajstić information content (AvgIpc) is 2.77. The van der Waals surface area contributed by atoms with Crippen LogP contribution < -0.4 is 0 Å². The zero-order valence-corrected chi connectivity index (χ0v) is 11.7. The van der Waals surface area contributed by atoms with E-state index in [1.54, 1.807) is 24.4 Å². The lowest BCUT2D eigenvalue weighted by atomic mass is 10.3. The molecule has 0 atom stereocenters. The van der Waals surface area contributed by atoms with Crippen molar-refractivity contribution in [3.63, 3.8) is 0 Å². The van der Waals surface area contributed by atoms with E-state index >= 15 is 0 Å². The highest BCUT2D eigenvalue weighted by Crippen LogP contribution is 2.11. The van der Waals surface area contributed by atoms with Crippen LogP contribution in [-0.2, 0) is 4.79 Å². The molecule has 2 aromatic rings. The molecule has 0 spiro atoms. The number of carboxylic acid groups (broad SMARTS) is 1. The molecule has 0 aromatic carbocycles. The molecule has 0 aliphatic heterocycles. The maximum atomic E-state index is 12.4. The maximum absolute atomic E-state index is 12.4. The molecule has 0 radical (unpaired) electrons. The fraction of sp³-hybridized carbons (Fsp3) is 0.357. The summed E-state index contributed by atoms with van der Waals surface area (Å²) < 4.78 is 1.75. The summed E-state index contributed by atoms with van der Waals surface area (Å²) in [6, 6.07) is 3.58. The Kier molecular flexibility index (Phi) is 3.74. The smallest absolute Gasteiger partial charge is 0.323 e. The summed E-state index contributed by atoms with van der Waals surface area (Å²) in [5.74, 6) is -1.41. The third kappa shape index (κ3) is 2.79. The van der Waals surface area contributed by atoms with E-state index in [4.69, 9.17) is 5.11 Å². The van der Waals surface area contributed by atoms with Crippen LogP contribution in [0.3, 0.4) is 0 Å². The summed E-state index contributed by atoms with van der Waals surface area (Å²) in [5, 5.41) is 8.89. The number of fused-ring (bicyclic) bond motifs is 1. The summed E-state index contributed by atoms with van der Waals surface area (Å²) in [5.41, 5.74) is 1.98. The Labute approximate surface area is 116 Å². The minimum absolute atomic E-state index is 0.204. The standard InChI is InChI=1S/C14H17N3O3/c1-9(2)17(8-13(18)19)14(20)11-7-16-5-4-10(3)6-12(16)15-11/h4-7,9H,8H2,1-3H3,(H,18,19). The second-order valence-corrected chi connectivity index (χ2v) is 5.02. The van der Waals surface area contributed by atoms with E-state index < -0.39 is 5.97 Å². The third-order valence-corrected chi connectivity index (χ3v) is 3.02. The molecule has 0 bridgehead atoms. The number of imidazole rings is 1. The number of aromatic nitrogens is 2. The van der Waals surface area contributed by atoms with Gasteiger partial charge < -0.3 is 14.4 Å². The Morgan fingerprint density at radius 3 is 2.75 bits per heavy atom. The molecule has 0 aliphatic carbocycles. The highest BCUT2D eigenvalue weighted by atomic mass is 16.4. The third-order valence-electron chi connectivity index (χ3n) is 3.02. The zero-order chi connectivity index (χ0) is 14.9. The van der Waals surface area contributed by atoms with Gasteiger partial charge in [-0.15, -0.1) is 0 Å². The van der Waals surface area contributed by atoms with Crippen LogP contribution in [0.25, 0.3) is 5.65 Å². The van der Waals surface area contributed by atoms with Crippen LogP contribution >= 0.6 is 0 Å². The number of hydrogen-bond donors (Lipinski definition) is 1. The van der Waals surface area contributed by atoms with Gasteiger partial charge in [-0.3, -0.25) is 9.59 Å². The van der Waals surface area contributed by atoms with Crippen LogP contribution in [-0.4, -0.2) is 43.9 Å². The Balaban J connectivity index is 2.35. The second kappa shape index (κ2) is 5.32. The lowest BCUT2D eigenvalue weighted by Gasteiger charge is -2.23. The number of carboxylic acids is 1. The lowest BCUT2D eigenvalue weighted by molar-refractivity contribution is -0.138. The van der Waals surface area contributed by atoms with E-state index in [2.05, 4.69) is 4.98 Å². The topological polar surface area (TPSA) is 74.9 Å². The first kappa shape index (κ1) is 14.0. The van der Waals surface area contributed by atoms with Crippen LogP contribution in [0.5, 0.6) is 0 Å². The van der Waals surface area contributed by atoms with Crippen molar-refractivity contribution in [2.24, 2.45) is 0 Å². The summed E-state index contributed by atoms with van der Waals surface area (Å²) in [4.78, 5) is 28.8. The summed E-state index contributed by atoms with van der Waals surface area (Å²) in [6.45, 7) is 5.17. The van der Waals surface area contributed by atoms with E-state index in [1.165, 1.54) is 4.90 Å². The fourth-order valence-electron chi connectivity index (χ4n) is 1.97. The molecule has 1 amide bonds. The van der Waals surface area contributed by atoms with Crippen LogP contribution in [0.4, 0.5) is 0 Å². The molecular formula is C14H17N3O3. The molecular weight excluding hydrogens is 258 g/mol. The van der Waals surface area contributed by atoms with Crippen molar-refractivity contribution >= 4 is 17.5 Å². The van der Waals surface area contributed by atoms with Crippen molar-refractivity contribution in [1.29, 1.82) is 0 Å². The molecule has 0 fully saturated rings. The van der Waals surface area contributed by atoms with Crippen molar-refractivity contribution in [3.05, 3.63) is 35.8 Å². The Morgan fingerprint density at radius 1 is 1.45 bits per heavy atom. The van der Waals surface area contributed by atoms with Gasteiger partial charge in [-0.2, -0.15) is 0 Å². The van der Waals surface area contributed by atoms with Crippen molar-refractivity contribution in [3.8, 4) is 0 Å². The molecule has 0 aliphatic rings. The van der Waals surface area contributed by atoms with Gasteiger partial charge in [-0.05, 0) is 38.5 Å². The average molecular weight is 275 g/mol. The minimum atomic E-state index is -1.04. The van der Waals surface area contributed by atoms with Gasteiger partial charge >= 0.3 is 5.97 Å². The van der Waals surface area contributed by atoms with Crippen molar-refractivity contribution in [1.82, 2.24) is 14.3 Å². The van der Waals surface area contributed by atoms with Crippen LogP contribution in [0.15, 0.2) is 24.5 Å². The molecule has 2 heterocycles. The summed E-state index contributed by atoms with van der Waals surface area (Å²) >= 11 is 0. The largest absolute Gasteiger partial charge is 0.480 e. The van der Waals surface area contributed by atoms with Crippen molar-refractivity contribution < 1.29 is 14.7 Å². The number of hydrogen-bond acceptors (Lipinski definition) is 3. The fourth-order valence-corrected chi connectivity index (χ4v) is 1.97. The lowest BCUT2D eigenvalue weighted by Crippen LogP contribution is -2.40. The molecule has 20 heavy (non-hydrogen) atoms. The number of carbonyl (C=O) groups excluding carboxylic acids is 1. The number of pyridine rings is 1. The van der Waals surface area contributed by atoms with E-state index in [-0.39, 0.29) is 24.2 Å². The Morgan fingerprint density at radius 2 is 2.15 bits per heavy atom. The van der Waals surface area contributed by atoms with Gasteiger partial charge in [-0.25, -0.2) is 4.98 Å². The Hall–Kier alpha value is -2.37. The van der Waals surface area contributed by atoms with Gasteiger partial charge in [0.05, 0.1) is 0 Å². The number of carbonyl (C=O) groups is 2. The monoisotopic (exact) mass is 275 g/mol. The maximum Gasteiger partial charge on any atom is 0.323 e. The highest BCUT2D eigenvalue weighted by molar-refractivity contribution is 5.94. The van der Waals surface area contributed by atoms with E-state index in [9.17, 15) is 9.59 Å². The predicted octanol–water partition coefficient (Wildman–Crippen LogP) is 1.58. The quantitative estimate of drug-likeness (QED) is 0.919. The molecule has 1 N–H and O–H groups in total. The van der Waals surface area contributed by atoms with Crippen molar-refractivity contribution in [2.75, 3.05) is 6.54 Å². The normalized spacial score (nSPS) is 11.0. The summed E-state index contributed by atoms with van der Waals surface area (Å²) in [6.07, 6.45) is 3.44. The van der Waals surface area contributed by atoms with Crippen LogP contribution in [0.1, 0.15) is 29.9 Å². The first-order chi connectivity index (χ1) is 9.38. The molecule has 2 aromatic heterocycles. The van der Waals surface area contributed by atoms with Crippen molar-refractivity contribution in [2.45, 2.75) is 26.8 Å². The minimum Gasteiger partial charge on any atom is -0.480 e. The number of aliphatic carboxylic acids is 1. The van der Waals surface area contributed by atoms with Gasteiger partial charge in [0.2, 0.25) is 0 Å². The SMILES string of the molecule is Cc1ccn2cc(C(=O)N(CC(=O)O)C(C)C)nc2c1. The number of aryl methyl sites for hydroxylation is 1. The van der Waals surface area contributed by atoms with E-state index in [1.807, 2.05) is 25.3 Å². The predicted molar refractivity (Wildman–Crippen MR) is 73.7 cm³/mol. The Bertz CT molecular complexity index is 661. The zero-order valence-electron chi connectivity index (χ0n) is 11.7. The first-order valence-corrected chi connectivity index (χ1v) is 6.36. The van der Waals surface area contributed by atoms with Gasteiger partial charge in [-0.1, -0.05) is 0 Å². The first-order valence-electron chi connectivity index (χ1n) is 6.36. The van der Waals surface area contributed by atoms with Gasteiger partial charge in [0, 0.05) is 18.4 Å². The molecule has 6 heteroatoms. The van der Waals surface area contributed by atoms with Crippen LogP contribution in [0, 0.1) is 6.92 Å². The van der Waals surface area contributed by atoms with E-state index in [0.29, 0.717) is 5.65 Å². The number of rotatable bonds is 4. The number of amides is 1. The summed E-state index contributed by atoms with van der Waals surface area (Å²) in [7, 11) is 0. The molecule has 0 saturated heterocycles. The number of nitrogens with zero attached hydrogens (tertiary/aromatic N) is 3. The van der Waals surface area contributed by atoms with Gasteiger partial charge in [0.25, 0.3) is 5.91 Å². The second-order valence-electron chi connectivity index (χ2n) is 5.02. The van der Waals surface area contributed by atoms with E-state index in [0.717, 1.165) is 5.56 Å². The molecule has 0 saturated carbocycles. The van der Waals surface area contributed by atoms with Gasteiger partial charge in [0.15, 0.2) is 0 Å². The molecule has 2 rings (SSSR count). The molecule has 6 nitrogen and oxygen atoms in total. The molecule has 106 valence electrons. The highest BCUT2D eigenvalue weighted by Gasteiger charge is 2.23.